The molecule has 0 aromatic heterocycles. The van der Waals surface area contributed by atoms with Gasteiger partial charge in [0, 0.05) is 24.2 Å². The predicted molar refractivity (Wildman–Crippen MR) is 118 cm³/mol. The van der Waals surface area contributed by atoms with Gasteiger partial charge >= 0.3 is 0 Å². The standard InChI is InChI=1S/C22H27N3O6S/c1-2-3-13-31-19-9-7-17(8-10-19)21(26)23-24-22(27)18-5-4-6-20(16-18)32(28,29)25-11-14-30-15-12-25/h4-10,16H,2-3,11-15H2,1H3,(H,23,26)(H,24,27). The topological polar surface area (TPSA) is 114 Å². The molecule has 1 fully saturated rings. The van der Waals surface area contributed by atoms with E-state index in [0.717, 1.165) is 12.8 Å². The van der Waals surface area contributed by atoms with Gasteiger partial charge in [-0.2, -0.15) is 4.31 Å². The number of unbranched alkanes of at least 4 members (excludes halogenated alkanes) is 1. The fraction of sp³-hybridized carbons (Fsp3) is 0.364. The van der Waals surface area contributed by atoms with Crippen LogP contribution in [0, 0.1) is 0 Å². The third kappa shape index (κ3) is 6.06. The Labute approximate surface area is 187 Å². The van der Waals surface area contributed by atoms with Crippen LogP contribution >= 0.6 is 0 Å². The van der Waals surface area contributed by atoms with Crippen molar-refractivity contribution in [3.63, 3.8) is 0 Å². The number of hydrogen-bond donors (Lipinski definition) is 2. The number of ether oxygens (including phenoxy) is 2. The van der Waals surface area contributed by atoms with Crippen LogP contribution in [0.1, 0.15) is 40.5 Å². The molecule has 9 nitrogen and oxygen atoms in total. The zero-order valence-corrected chi connectivity index (χ0v) is 18.7. The van der Waals surface area contributed by atoms with E-state index in [1.54, 1.807) is 24.3 Å². The van der Waals surface area contributed by atoms with Gasteiger partial charge in [-0.15, -0.1) is 0 Å². The van der Waals surface area contributed by atoms with Crippen molar-refractivity contribution < 1.29 is 27.5 Å². The van der Waals surface area contributed by atoms with Crippen molar-refractivity contribution in [2.24, 2.45) is 0 Å². The lowest BCUT2D eigenvalue weighted by Gasteiger charge is -2.26. The van der Waals surface area contributed by atoms with Crippen molar-refractivity contribution in [2.45, 2.75) is 24.7 Å². The van der Waals surface area contributed by atoms with Crippen LogP contribution in [-0.4, -0.2) is 57.4 Å². The number of morpholine rings is 1. The molecule has 1 saturated heterocycles. The number of hydrazine groups is 1. The summed E-state index contributed by atoms with van der Waals surface area (Å²) in [7, 11) is -3.73. The monoisotopic (exact) mass is 461 g/mol. The summed E-state index contributed by atoms with van der Waals surface area (Å²) in [4.78, 5) is 24.8. The van der Waals surface area contributed by atoms with E-state index in [0.29, 0.717) is 31.1 Å². The molecule has 172 valence electrons. The summed E-state index contributed by atoms with van der Waals surface area (Å²) >= 11 is 0. The number of benzene rings is 2. The first kappa shape index (κ1) is 23.7. The van der Waals surface area contributed by atoms with Crippen molar-refractivity contribution in [1.82, 2.24) is 15.2 Å². The Balaban J connectivity index is 1.59. The molecule has 0 aliphatic carbocycles. The largest absolute Gasteiger partial charge is 0.494 e. The lowest BCUT2D eigenvalue weighted by molar-refractivity contribution is 0.0730. The molecular formula is C22H27N3O6S. The molecule has 2 N–H and O–H groups in total. The Bertz CT molecular complexity index is 1030. The molecule has 0 spiro atoms. The summed E-state index contributed by atoms with van der Waals surface area (Å²) in [6, 6.07) is 12.2. The van der Waals surface area contributed by atoms with E-state index in [4.69, 9.17) is 9.47 Å². The number of carbonyl (C=O) groups excluding carboxylic acids is 2. The molecule has 0 saturated carbocycles. The Kier molecular flexibility index (Phi) is 8.20. The predicted octanol–water partition coefficient (Wildman–Crippen LogP) is 1.96. The van der Waals surface area contributed by atoms with Crippen LogP contribution in [0.3, 0.4) is 0 Å². The Hall–Kier alpha value is -2.95. The van der Waals surface area contributed by atoms with Gasteiger partial charge in [-0.1, -0.05) is 19.4 Å². The summed E-state index contributed by atoms with van der Waals surface area (Å²) in [5, 5.41) is 0. The molecule has 0 bridgehead atoms. The van der Waals surface area contributed by atoms with E-state index in [-0.39, 0.29) is 23.5 Å². The zero-order valence-electron chi connectivity index (χ0n) is 17.9. The van der Waals surface area contributed by atoms with Gasteiger partial charge in [0.25, 0.3) is 11.8 Å². The van der Waals surface area contributed by atoms with Crippen LogP contribution in [0.25, 0.3) is 0 Å². The third-order valence-corrected chi connectivity index (χ3v) is 6.77. The molecule has 1 heterocycles. The Morgan fingerprint density at radius 2 is 1.66 bits per heavy atom. The first-order valence-corrected chi connectivity index (χ1v) is 11.9. The third-order valence-electron chi connectivity index (χ3n) is 4.88. The van der Waals surface area contributed by atoms with Crippen molar-refractivity contribution >= 4 is 21.8 Å². The summed E-state index contributed by atoms with van der Waals surface area (Å²) in [5.74, 6) is -0.468. The fourth-order valence-corrected chi connectivity index (χ4v) is 4.48. The smallest absolute Gasteiger partial charge is 0.269 e. The first-order valence-electron chi connectivity index (χ1n) is 10.4. The number of nitrogens with one attached hydrogen (secondary N) is 2. The van der Waals surface area contributed by atoms with Crippen molar-refractivity contribution in [3.05, 3.63) is 59.7 Å². The number of carbonyl (C=O) groups is 2. The zero-order chi connectivity index (χ0) is 23.0. The highest BCUT2D eigenvalue weighted by Gasteiger charge is 2.26. The number of hydrogen-bond acceptors (Lipinski definition) is 6. The van der Waals surface area contributed by atoms with Gasteiger partial charge in [-0.3, -0.25) is 20.4 Å². The molecule has 0 unspecified atom stereocenters. The molecule has 32 heavy (non-hydrogen) atoms. The SMILES string of the molecule is CCCCOc1ccc(C(=O)NNC(=O)c2cccc(S(=O)(=O)N3CCOCC3)c2)cc1. The highest BCUT2D eigenvalue weighted by Crippen LogP contribution is 2.18. The van der Waals surface area contributed by atoms with Crippen molar-refractivity contribution in [1.29, 1.82) is 0 Å². The lowest BCUT2D eigenvalue weighted by atomic mass is 10.2. The molecule has 2 amide bonds. The molecular weight excluding hydrogens is 434 g/mol. The maximum absolute atomic E-state index is 12.8. The van der Waals surface area contributed by atoms with E-state index >= 15 is 0 Å². The number of nitrogens with zero attached hydrogens (tertiary/aromatic N) is 1. The maximum atomic E-state index is 12.8. The highest BCUT2D eigenvalue weighted by molar-refractivity contribution is 7.89. The van der Waals surface area contributed by atoms with Gasteiger partial charge in [-0.05, 0) is 48.9 Å². The summed E-state index contributed by atoms with van der Waals surface area (Å²) < 4.78 is 37.6. The summed E-state index contributed by atoms with van der Waals surface area (Å²) in [6.45, 7) is 3.87. The minimum atomic E-state index is -3.73. The van der Waals surface area contributed by atoms with Gasteiger partial charge in [0.2, 0.25) is 10.0 Å². The van der Waals surface area contributed by atoms with Crippen LogP contribution in [-0.2, 0) is 14.8 Å². The van der Waals surface area contributed by atoms with Gasteiger partial charge in [0.15, 0.2) is 0 Å². The number of amides is 2. The van der Waals surface area contributed by atoms with Gasteiger partial charge in [-0.25, -0.2) is 8.42 Å². The van der Waals surface area contributed by atoms with E-state index in [9.17, 15) is 18.0 Å². The molecule has 0 atom stereocenters. The van der Waals surface area contributed by atoms with Crippen LogP contribution < -0.4 is 15.6 Å². The maximum Gasteiger partial charge on any atom is 0.269 e. The fourth-order valence-electron chi connectivity index (χ4n) is 3.03. The minimum absolute atomic E-state index is 0.0111. The van der Waals surface area contributed by atoms with Crippen LogP contribution in [0.4, 0.5) is 0 Å². The van der Waals surface area contributed by atoms with E-state index < -0.39 is 21.8 Å². The minimum Gasteiger partial charge on any atom is -0.494 e. The Morgan fingerprint density at radius 3 is 2.31 bits per heavy atom. The van der Waals surface area contributed by atoms with Crippen LogP contribution in [0.2, 0.25) is 0 Å². The molecule has 1 aliphatic heterocycles. The summed E-state index contributed by atoms with van der Waals surface area (Å²) in [5.41, 5.74) is 5.10. The lowest BCUT2D eigenvalue weighted by Crippen LogP contribution is -2.42. The quantitative estimate of drug-likeness (QED) is 0.459. The molecule has 3 rings (SSSR count). The molecule has 2 aromatic rings. The Morgan fingerprint density at radius 1 is 1.00 bits per heavy atom. The molecule has 1 aliphatic rings. The molecule has 10 heteroatoms. The van der Waals surface area contributed by atoms with E-state index in [2.05, 4.69) is 17.8 Å². The second kappa shape index (κ2) is 11.1. The van der Waals surface area contributed by atoms with Crippen LogP contribution in [0.5, 0.6) is 5.75 Å². The van der Waals surface area contributed by atoms with E-state index in [1.165, 1.54) is 28.6 Å². The van der Waals surface area contributed by atoms with Gasteiger partial charge < -0.3 is 9.47 Å². The second-order valence-corrected chi connectivity index (χ2v) is 9.12. The van der Waals surface area contributed by atoms with Crippen LogP contribution in [0.15, 0.2) is 53.4 Å². The highest BCUT2D eigenvalue weighted by atomic mass is 32.2. The molecule has 2 aromatic carbocycles. The summed E-state index contributed by atoms with van der Waals surface area (Å²) in [6.07, 6.45) is 1.98. The number of sulfonamides is 1. The van der Waals surface area contributed by atoms with Crippen molar-refractivity contribution in [2.75, 3.05) is 32.9 Å². The molecule has 0 radical (unpaired) electrons. The first-order chi connectivity index (χ1) is 15.4. The van der Waals surface area contributed by atoms with Crippen molar-refractivity contribution in [3.8, 4) is 5.75 Å². The average molecular weight is 462 g/mol. The second-order valence-electron chi connectivity index (χ2n) is 7.18. The normalized spacial score (nSPS) is 14.5. The van der Waals surface area contributed by atoms with E-state index in [1.807, 2.05) is 0 Å². The average Bonchev–Trinajstić information content (AvgIpc) is 2.83. The number of rotatable bonds is 8. The van der Waals surface area contributed by atoms with Gasteiger partial charge in [0.05, 0.1) is 24.7 Å². The van der Waals surface area contributed by atoms with Gasteiger partial charge in [0.1, 0.15) is 5.75 Å².